The van der Waals surface area contributed by atoms with Gasteiger partial charge in [0.15, 0.2) is 0 Å². The molecular formula is C14H19NO2. The van der Waals surface area contributed by atoms with Crippen LogP contribution in [0.2, 0.25) is 0 Å². The SMILES string of the molecule is CC1CC(c2ccccc2)CN1CCC(=O)O. The highest BCUT2D eigenvalue weighted by Crippen LogP contribution is 2.31. The molecule has 0 saturated carbocycles. The van der Waals surface area contributed by atoms with Crippen LogP contribution >= 0.6 is 0 Å². The van der Waals surface area contributed by atoms with E-state index in [0.717, 1.165) is 13.0 Å². The number of carboxylic acids is 1. The van der Waals surface area contributed by atoms with Crippen LogP contribution in [0, 0.1) is 0 Å². The van der Waals surface area contributed by atoms with Crippen molar-refractivity contribution in [2.75, 3.05) is 13.1 Å². The Morgan fingerprint density at radius 2 is 2.12 bits per heavy atom. The summed E-state index contributed by atoms with van der Waals surface area (Å²) < 4.78 is 0. The minimum absolute atomic E-state index is 0.242. The molecule has 0 amide bonds. The van der Waals surface area contributed by atoms with Crippen molar-refractivity contribution in [1.82, 2.24) is 4.90 Å². The monoisotopic (exact) mass is 233 g/mol. The Kier molecular flexibility index (Phi) is 3.79. The predicted octanol–water partition coefficient (Wildman–Crippen LogP) is 2.34. The van der Waals surface area contributed by atoms with E-state index in [1.54, 1.807) is 0 Å². The Labute approximate surface area is 102 Å². The Morgan fingerprint density at radius 3 is 2.76 bits per heavy atom. The summed E-state index contributed by atoms with van der Waals surface area (Å²) in [4.78, 5) is 12.9. The van der Waals surface area contributed by atoms with Gasteiger partial charge >= 0.3 is 5.97 Å². The predicted molar refractivity (Wildman–Crippen MR) is 67.1 cm³/mol. The molecule has 3 heteroatoms. The number of hydrogen-bond acceptors (Lipinski definition) is 2. The molecule has 1 aliphatic rings. The average molecular weight is 233 g/mol. The van der Waals surface area contributed by atoms with Crippen LogP contribution in [0.15, 0.2) is 30.3 Å². The third-order valence-electron chi connectivity index (χ3n) is 3.59. The van der Waals surface area contributed by atoms with Gasteiger partial charge < -0.3 is 5.11 Å². The molecule has 0 radical (unpaired) electrons. The Hall–Kier alpha value is -1.35. The first kappa shape index (κ1) is 12.1. The van der Waals surface area contributed by atoms with Crippen LogP contribution < -0.4 is 0 Å². The lowest BCUT2D eigenvalue weighted by molar-refractivity contribution is -0.137. The van der Waals surface area contributed by atoms with Gasteiger partial charge in [-0.1, -0.05) is 30.3 Å². The molecule has 17 heavy (non-hydrogen) atoms. The second-order valence-electron chi connectivity index (χ2n) is 4.83. The van der Waals surface area contributed by atoms with Crippen molar-refractivity contribution in [2.45, 2.75) is 31.7 Å². The molecular weight excluding hydrogens is 214 g/mol. The first-order valence-corrected chi connectivity index (χ1v) is 6.17. The fourth-order valence-corrected chi connectivity index (χ4v) is 2.62. The minimum atomic E-state index is -0.708. The smallest absolute Gasteiger partial charge is 0.304 e. The first-order chi connectivity index (χ1) is 8.16. The van der Waals surface area contributed by atoms with Gasteiger partial charge in [0.2, 0.25) is 0 Å². The molecule has 2 rings (SSSR count). The molecule has 1 aromatic rings. The molecule has 1 aliphatic heterocycles. The van der Waals surface area contributed by atoms with E-state index in [-0.39, 0.29) is 6.42 Å². The normalized spacial score (nSPS) is 25.0. The van der Waals surface area contributed by atoms with E-state index in [9.17, 15) is 4.79 Å². The second-order valence-corrected chi connectivity index (χ2v) is 4.83. The van der Waals surface area contributed by atoms with Gasteiger partial charge in [0, 0.05) is 19.1 Å². The molecule has 1 aromatic carbocycles. The van der Waals surface area contributed by atoms with Gasteiger partial charge in [-0.2, -0.15) is 0 Å². The molecule has 1 fully saturated rings. The van der Waals surface area contributed by atoms with Crippen molar-refractivity contribution in [3.05, 3.63) is 35.9 Å². The van der Waals surface area contributed by atoms with Crippen LogP contribution in [0.25, 0.3) is 0 Å². The van der Waals surface area contributed by atoms with Crippen molar-refractivity contribution >= 4 is 5.97 Å². The number of hydrogen-bond donors (Lipinski definition) is 1. The van der Waals surface area contributed by atoms with Gasteiger partial charge in [0.25, 0.3) is 0 Å². The molecule has 2 unspecified atom stereocenters. The zero-order chi connectivity index (χ0) is 12.3. The molecule has 92 valence electrons. The number of nitrogens with zero attached hydrogens (tertiary/aromatic N) is 1. The Balaban J connectivity index is 1.95. The summed E-state index contributed by atoms with van der Waals surface area (Å²) in [5.41, 5.74) is 1.37. The molecule has 0 aromatic heterocycles. The fourth-order valence-electron chi connectivity index (χ4n) is 2.62. The molecule has 0 bridgehead atoms. The fraction of sp³-hybridized carbons (Fsp3) is 0.500. The van der Waals surface area contributed by atoms with Gasteiger partial charge in [-0.3, -0.25) is 9.69 Å². The molecule has 1 N–H and O–H groups in total. The minimum Gasteiger partial charge on any atom is -0.481 e. The van der Waals surface area contributed by atoms with Crippen molar-refractivity contribution in [3.8, 4) is 0 Å². The summed E-state index contributed by atoms with van der Waals surface area (Å²) in [6.07, 6.45) is 1.37. The highest BCUT2D eigenvalue weighted by Gasteiger charge is 2.29. The van der Waals surface area contributed by atoms with Gasteiger partial charge in [0.1, 0.15) is 0 Å². The van der Waals surface area contributed by atoms with Gasteiger partial charge in [-0.05, 0) is 24.8 Å². The number of likely N-dealkylation sites (tertiary alicyclic amines) is 1. The lowest BCUT2D eigenvalue weighted by Gasteiger charge is -2.19. The van der Waals surface area contributed by atoms with E-state index in [4.69, 9.17) is 5.11 Å². The Morgan fingerprint density at radius 1 is 1.41 bits per heavy atom. The topological polar surface area (TPSA) is 40.5 Å². The standard InChI is InChI=1S/C14H19NO2/c1-11-9-13(12-5-3-2-4-6-12)10-15(11)8-7-14(16)17/h2-6,11,13H,7-10H2,1H3,(H,16,17). The highest BCUT2D eigenvalue weighted by molar-refractivity contribution is 5.66. The molecule has 0 spiro atoms. The van der Waals surface area contributed by atoms with Gasteiger partial charge in [0.05, 0.1) is 6.42 Å². The number of rotatable bonds is 4. The van der Waals surface area contributed by atoms with Crippen LogP contribution in [0.4, 0.5) is 0 Å². The largest absolute Gasteiger partial charge is 0.481 e. The molecule has 1 saturated heterocycles. The van der Waals surface area contributed by atoms with E-state index >= 15 is 0 Å². The number of benzene rings is 1. The van der Waals surface area contributed by atoms with Crippen molar-refractivity contribution in [2.24, 2.45) is 0 Å². The number of carbonyl (C=O) groups is 1. The van der Waals surface area contributed by atoms with E-state index < -0.39 is 5.97 Å². The summed E-state index contributed by atoms with van der Waals surface area (Å²) in [7, 11) is 0. The summed E-state index contributed by atoms with van der Waals surface area (Å²) in [5, 5.41) is 8.72. The van der Waals surface area contributed by atoms with E-state index in [0.29, 0.717) is 18.5 Å². The maximum absolute atomic E-state index is 10.6. The highest BCUT2D eigenvalue weighted by atomic mass is 16.4. The summed E-state index contributed by atoms with van der Waals surface area (Å²) in [6, 6.07) is 11.0. The number of carboxylic acid groups (broad SMARTS) is 1. The van der Waals surface area contributed by atoms with Gasteiger partial charge in [-0.25, -0.2) is 0 Å². The first-order valence-electron chi connectivity index (χ1n) is 6.17. The van der Waals surface area contributed by atoms with Crippen LogP contribution in [-0.4, -0.2) is 35.1 Å². The summed E-state index contributed by atoms with van der Waals surface area (Å²) >= 11 is 0. The molecule has 2 atom stereocenters. The van der Waals surface area contributed by atoms with E-state index in [2.05, 4.69) is 36.1 Å². The van der Waals surface area contributed by atoms with E-state index in [1.807, 2.05) is 6.07 Å². The molecule has 0 aliphatic carbocycles. The zero-order valence-electron chi connectivity index (χ0n) is 10.2. The molecule has 3 nitrogen and oxygen atoms in total. The lowest BCUT2D eigenvalue weighted by atomic mass is 9.97. The summed E-state index contributed by atoms with van der Waals surface area (Å²) in [6.45, 7) is 3.84. The van der Waals surface area contributed by atoms with Crippen molar-refractivity contribution in [1.29, 1.82) is 0 Å². The number of aliphatic carboxylic acids is 1. The van der Waals surface area contributed by atoms with Crippen LogP contribution in [-0.2, 0) is 4.79 Å². The summed E-state index contributed by atoms with van der Waals surface area (Å²) in [5.74, 6) is -0.152. The Bertz CT molecular complexity index is 377. The maximum atomic E-state index is 10.6. The molecule has 1 heterocycles. The average Bonchev–Trinajstić information content (AvgIpc) is 2.69. The van der Waals surface area contributed by atoms with Crippen LogP contribution in [0.1, 0.15) is 31.2 Å². The third kappa shape index (κ3) is 3.07. The maximum Gasteiger partial charge on any atom is 0.304 e. The van der Waals surface area contributed by atoms with Gasteiger partial charge in [-0.15, -0.1) is 0 Å². The zero-order valence-corrected chi connectivity index (χ0v) is 10.2. The van der Waals surface area contributed by atoms with Crippen molar-refractivity contribution in [3.63, 3.8) is 0 Å². The van der Waals surface area contributed by atoms with Crippen LogP contribution in [0.3, 0.4) is 0 Å². The van der Waals surface area contributed by atoms with E-state index in [1.165, 1.54) is 5.56 Å². The third-order valence-corrected chi connectivity index (χ3v) is 3.59. The van der Waals surface area contributed by atoms with Crippen LogP contribution in [0.5, 0.6) is 0 Å². The van der Waals surface area contributed by atoms with Crippen molar-refractivity contribution < 1.29 is 9.90 Å². The second kappa shape index (κ2) is 5.32. The lowest BCUT2D eigenvalue weighted by Crippen LogP contribution is -2.29. The quantitative estimate of drug-likeness (QED) is 0.867.